The quantitative estimate of drug-likeness (QED) is 0.783. The van der Waals surface area contributed by atoms with Crippen molar-refractivity contribution in [3.63, 3.8) is 0 Å². The van der Waals surface area contributed by atoms with Crippen molar-refractivity contribution in [1.82, 2.24) is 0 Å². The molecule has 0 amide bonds. The van der Waals surface area contributed by atoms with Crippen LogP contribution in [0.2, 0.25) is 0 Å². The molecular weight excluding hydrogens is 200 g/mol. The molecule has 0 aliphatic heterocycles. The molecule has 82 valence electrons. The number of carbonyl (C=O) groups is 1. The van der Waals surface area contributed by atoms with Gasteiger partial charge in [-0.05, 0) is 24.6 Å². The molecule has 0 radical (unpaired) electrons. The molecule has 0 unspecified atom stereocenters. The summed E-state index contributed by atoms with van der Waals surface area (Å²) < 4.78 is 5.14. The molecule has 1 aromatic carbocycles. The maximum atomic E-state index is 11.7. The van der Waals surface area contributed by atoms with Crippen molar-refractivity contribution in [2.75, 3.05) is 0 Å². The first kappa shape index (κ1) is 10.7. The van der Waals surface area contributed by atoms with Crippen LogP contribution in [-0.4, -0.2) is 5.78 Å². The minimum Gasteiger partial charge on any atom is -0.469 e. The zero-order valence-electron chi connectivity index (χ0n) is 9.27. The van der Waals surface area contributed by atoms with E-state index in [0.717, 1.165) is 11.3 Å². The third-order valence-electron chi connectivity index (χ3n) is 2.44. The summed E-state index contributed by atoms with van der Waals surface area (Å²) in [5.41, 5.74) is 2.25. The molecule has 0 saturated carbocycles. The van der Waals surface area contributed by atoms with E-state index in [4.69, 9.17) is 4.42 Å². The van der Waals surface area contributed by atoms with Crippen molar-refractivity contribution in [2.45, 2.75) is 19.8 Å². The van der Waals surface area contributed by atoms with Gasteiger partial charge in [0.1, 0.15) is 11.5 Å². The summed E-state index contributed by atoms with van der Waals surface area (Å²) in [7, 11) is 0. The van der Waals surface area contributed by atoms with E-state index in [0.29, 0.717) is 12.8 Å². The van der Waals surface area contributed by atoms with Crippen LogP contribution in [-0.2, 0) is 17.6 Å². The summed E-state index contributed by atoms with van der Waals surface area (Å²) in [5.74, 6) is 0.915. The summed E-state index contributed by atoms with van der Waals surface area (Å²) in [6.07, 6.45) is 2.44. The molecule has 0 bridgehead atoms. The van der Waals surface area contributed by atoms with Crippen LogP contribution in [0, 0.1) is 6.92 Å². The number of carbonyl (C=O) groups excluding carboxylic acids is 1. The molecule has 0 fully saturated rings. The summed E-state index contributed by atoms with van der Waals surface area (Å²) in [6, 6.07) is 11.7. The molecule has 2 heteroatoms. The first-order chi connectivity index (χ1) is 7.74. The molecule has 1 aromatic heterocycles. The van der Waals surface area contributed by atoms with Gasteiger partial charge in [-0.1, -0.05) is 29.8 Å². The molecule has 0 aliphatic carbocycles. The predicted octanol–water partition coefficient (Wildman–Crippen LogP) is 2.94. The first-order valence-corrected chi connectivity index (χ1v) is 5.33. The van der Waals surface area contributed by atoms with Gasteiger partial charge in [0, 0.05) is 6.42 Å². The summed E-state index contributed by atoms with van der Waals surface area (Å²) in [4.78, 5) is 11.7. The minimum atomic E-state index is 0.181. The summed E-state index contributed by atoms with van der Waals surface area (Å²) in [6.45, 7) is 2.03. The molecule has 1 heterocycles. The zero-order chi connectivity index (χ0) is 11.4. The van der Waals surface area contributed by atoms with E-state index in [1.165, 1.54) is 5.56 Å². The number of benzene rings is 1. The lowest BCUT2D eigenvalue weighted by atomic mass is 10.0. The van der Waals surface area contributed by atoms with Gasteiger partial charge in [0.25, 0.3) is 0 Å². The molecule has 16 heavy (non-hydrogen) atoms. The SMILES string of the molecule is Cc1cccc(CC(=O)Cc2ccco2)c1. The molecule has 0 N–H and O–H groups in total. The van der Waals surface area contributed by atoms with Crippen LogP contribution >= 0.6 is 0 Å². The van der Waals surface area contributed by atoms with Crippen LogP contribution in [0.25, 0.3) is 0 Å². The lowest BCUT2D eigenvalue weighted by molar-refractivity contribution is -0.118. The second-order valence-electron chi connectivity index (χ2n) is 3.96. The number of rotatable bonds is 4. The average molecular weight is 214 g/mol. The lowest BCUT2D eigenvalue weighted by Gasteiger charge is -2.01. The van der Waals surface area contributed by atoms with Crippen molar-refractivity contribution in [2.24, 2.45) is 0 Å². The van der Waals surface area contributed by atoms with Gasteiger partial charge in [0.05, 0.1) is 12.7 Å². The Labute approximate surface area is 94.9 Å². The Morgan fingerprint density at radius 2 is 2.06 bits per heavy atom. The summed E-state index contributed by atoms with van der Waals surface area (Å²) in [5, 5.41) is 0. The van der Waals surface area contributed by atoms with E-state index in [1.54, 1.807) is 12.3 Å². The number of ketones is 1. The largest absolute Gasteiger partial charge is 0.469 e. The van der Waals surface area contributed by atoms with E-state index < -0.39 is 0 Å². The maximum absolute atomic E-state index is 11.7. The van der Waals surface area contributed by atoms with Crippen LogP contribution in [0.15, 0.2) is 47.1 Å². The minimum absolute atomic E-state index is 0.181. The highest BCUT2D eigenvalue weighted by Gasteiger charge is 2.06. The van der Waals surface area contributed by atoms with Crippen LogP contribution in [0.3, 0.4) is 0 Å². The predicted molar refractivity (Wildman–Crippen MR) is 62.3 cm³/mol. The van der Waals surface area contributed by atoms with Gasteiger partial charge >= 0.3 is 0 Å². The zero-order valence-corrected chi connectivity index (χ0v) is 9.27. The van der Waals surface area contributed by atoms with Crippen LogP contribution in [0.5, 0.6) is 0 Å². The Balaban J connectivity index is 1.97. The number of Topliss-reactive ketones (excluding diaryl/α,β-unsaturated/α-hetero) is 1. The normalized spacial score (nSPS) is 10.3. The average Bonchev–Trinajstić information content (AvgIpc) is 2.70. The fourth-order valence-corrected chi connectivity index (χ4v) is 1.72. The number of aryl methyl sites for hydroxylation is 1. The fourth-order valence-electron chi connectivity index (χ4n) is 1.72. The Morgan fingerprint density at radius 3 is 2.75 bits per heavy atom. The number of hydrogen-bond donors (Lipinski definition) is 0. The Kier molecular flexibility index (Phi) is 3.20. The highest BCUT2D eigenvalue weighted by atomic mass is 16.3. The smallest absolute Gasteiger partial charge is 0.144 e. The van der Waals surface area contributed by atoms with E-state index in [1.807, 2.05) is 37.3 Å². The Morgan fingerprint density at radius 1 is 1.19 bits per heavy atom. The van der Waals surface area contributed by atoms with Gasteiger partial charge in [-0.15, -0.1) is 0 Å². The van der Waals surface area contributed by atoms with Crippen LogP contribution < -0.4 is 0 Å². The van der Waals surface area contributed by atoms with Crippen molar-refractivity contribution in [3.8, 4) is 0 Å². The second kappa shape index (κ2) is 4.79. The van der Waals surface area contributed by atoms with Gasteiger partial charge in [-0.25, -0.2) is 0 Å². The van der Waals surface area contributed by atoms with Gasteiger partial charge in [-0.3, -0.25) is 4.79 Å². The molecule has 0 aliphatic rings. The standard InChI is InChI=1S/C14H14O2/c1-11-4-2-5-12(8-11)9-13(15)10-14-6-3-7-16-14/h2-8H,9-10H2,1H3. The van der Waals surface area contributed by atoms with Gasteiger partial charge in [0.15, 0.2) is 0 Å². The van der Waals surface area contributed by atoms with Crippen molar-refractivity contribution < 1.29 is 9.21 Å². The number of hydrogen-bond acceptors (Lipinski definition) is 2. The van der Waals surface area contributed by atoms with E-state index >= 15 is 0 Å². The second-order valence-corrected chi connectivity index (χ2v) is 3.96. The molecule has 0 atom stereocenters. The molecular formula is C14H14O2. The van der Waals surface area contributed by atoms with E-state index in [9.17, 15) is 4.79 Å². The highest BCUT2D eigenvalue weighted by Crippen LogP contribution is 2.08. The molecule has 2 aromatic rings. The topological polar surface area (TPSA) is 30.2 Å². The van der Waals surface area contributed by atoms with Crippen molar-refractivity contribution in [3.05, 3.63) is 59.5 Å². The van der Waals surface area contributed by atoms with Crippen LogP contribution in [0.4, 0.5) is 0 Å². The third-order valence-corrected chi connectivity index (χ3v) is 2.44. The fraction of sp³-hybridized carbons (Fsp3) is 0.214. The summed E-state index contributed by atoms with van der Waals surface area (Å²) >= 11 is 0. The maximum Gasteiger partial charge on any atom is 0.144 e. The molecule has 2 nitrogen and oxygen atoms in total. The molecule has 0 spiro atoms. The lowest BCUT2D eigenvalue weighted by Crippen LogP contribution is -2.05. The van der Waals surface area contributed by atoms with Crippen LogP contribution in [0.1, 0.15) is 16.9 Å². The Bertz CT molecular complexity index is 469. The van der Waals surface area contributed by atoms with Gasteiger partial charge in [-0.2, -0.15) is 0 Å². The Hall–Kier alpha value is -1.83. The van der Waals surface area contributed by atoms with Crippen molar-refractivity contribution >= 4 is 5.78 Å². The molecule has 2 rings (SSSR count). The van der Waals surface area contributed by atoms with Gasteiger partial charge < -0.3 is 4.42 Å². The molecule has 0 saturated heterocycles. The van der Waals surface area contributed by atoms with E-state index in [-0.39, 0.29) is 5.78 Å². The van der Waals surface area contributed by atoms with Crippen molar-refractivity contribution in [1.29, 1.82) is 0 Å². The monoisotopic (exact) mass is 214 g/mol. The highest BCUT2D eigenvalue weighted by molar-refractivity contribution is 5.82. The van der Waals surface area contributed by atoms with E-state index in [2.05, 4.69) is 0 Å². The first-order valence-electron chi connectivity index (χ1n) is 5.33. The third kappa shape index (κ3) is 2.83. The number of furan rings is 1. The van der Waals surface area contributed by atoms with Gasteiger partial charge in [0.2, 0.25) is 0 Å².